The number of primary amides is 1. The molecular weight excluding hydrogens is 522 g/mol. The Morgan fingerprint density at radius 2 is 1.61 bits per heavy atom. The number of H-pyrrole nitrogens is 1. The first-order chi connectivity index (χ1) is 19.8. The lowest BCUT2D eigenvalue weighted by atomic mass is 9.90. The first-order valence-electron chi connectivity index (χ1n) is 13.4. The molecule has 2 aromatic carbocycles. The summed E-state index contributed by atoms with van der Waals surface area (Å²) in [6.07, 6.45) is 2.85. The van der Waals surface area contributed by atoms with Gasteiger partial charge in [0.1, 0.15) is 6.04 Å². The molecule has 0 aliphatic carbocycles. The highest BCUT2D eigenvalue weighted by molar-refractivity contribution is 5.93. The van der Waals surface area contributed by atoms with Gasteiger partial charge < -0.3 is 26.5 Å². The van der Waals surface area contributed by atoms with Crippen molar-refractivity contribution in [2.75, 3.05) is 0 Å². The summed E-state index contributed by atoms with van der Waals surface area (Å²) in [6, 6.07) is 20.0. The number of pyridine rings is 1. The number of carboxylic acid groups (broad SMARTS) is 1. The Hall–Kier alpha value is -4.99. The number of nitrogens with zero attached hydrogens (tertiary/aromatic N) is 1. The van der Waals surface area contributed by atoms with E-state index in [1.807, 2.05) is 42.5 Å². The fourth-order valence-corrected chi connectivity index (χ4v) is 4.86. The van der Waals surface area contributed by atoms with Crippen LogP contribution in [-0.2, 0) is 33.6 Å². The predicted octanol–water partition coefficient (Wildman–Crippen LogP) is 3.16. The third-order valence-electron chi connectivity index (χ3n) is 7.02. The largest absolute Gasteiger partial charge is 0.465 e. The van der Waals surface area contributed by atoms with Crippen LogP contribution in [0.2, 0.25) is 0 Å². The molecule has 0 fully saturated rings. The number of carbonyl (C=O) groups excluding carboxylic acids is 3. The zero-order valence-electron chi connectivity index (χ0n) is 22.5. The Morgan fingerprint density at radius 1 is 0.878 bits per heavy atom. The van der Waals surface area contributed by atoms with E-state index in [4.69, 9.17) is 5.73 Å². The third-order valence-corrected chi connectivity index (χ3v) is 7.02. The summed E-state index contributed by atoms with van der Waals surface area (Å²) in [5.74, 6) is -2.48. The lowest BCUT2D eigenvalue weighted by Crippen LogP contribution is -2.49. The maximum Gasteiger partial charge on any atom is 0.405 e. The van der Waals surface area contributed by atoms with Crippen LogP contribution in [0.3, 0.4) is 0 Å². The van der Waals surface area contributed by atoms with Gasteiger partial charge in [-0.05, 0) is 48.6 Å². The fraction of sp³-hybridized carbons (Fsp3) is 0.258. The molecule has 4 aromatic rings. The summed E-state index contributed by atoms with van der Waals surface area (Å²) in [7, 11) is 0. The van der Waals surface area contributed by atoms with Gasteiger partial charge in [-0.2, -0.15) is 0 Å². The third kappa shape index (κ3) is 8.25. The molecule has 212 valence electrons. The van der Waals surface area contributed by atoms with E-state index in [-0.39, 0.29) is 25.7 Å². The van der Waals surface area contributed by atoms with Gasteiger partial charge in [0, 0.05) is 47.8 Å². The number of aromatic amines is 1. The molecular formula is C31H33N5O5. The topological polar surface area (TPSA) is 167 Å². The van der Waals surface area contributed by atoms with Crippen molar-refractivity contribution in [3.63, 3.8) is 0 Å². The van der Waals surface area contributed by atoms with E-state index in [1.54, 1.807) is 42.7 Å². The number of carbonyl (C=O) groups is 4. The normalized spacial score (nSPS) is 13.2. The van der Waals surface area contributed by atoms with Gasteiger partial charge in [0.25, 0.3) is 0 Å². The van der Waals surface area contributed by atoms with E-state index in [0.717, 1.165) is 27.7 Å². The van der Waals surface area contributed by atoms with E-state index < -0.39 is 41.7 Å². The second-order valence-corrected chi connectivity index (χ2v) is 9.95. The predicted molar refractivity (Wildman–Crippen MR) is 154 cm³/mol. The SMILES string of the molecule is NC(=O)C(Cc1c[nH]c2ccccc12)NC(=O)C(CCc1ccccn1)CC(=O)C(Cc1ccccc1)NC(=O)O. The van der Waals surface area contributed by atoms with Crippen molar-refractivity contribution in [3.8, 4) is 0 Å². The van der Waals surface area contributed by atoms with Crippen LogP contribution >= 0.6 is 0 Å². The average molecular weight is 556 g/mol. The second-order valence-electron chi connectivity index (χ2n) is 9.95. The number of Topliss-reactive ketones (excluding diaryl/α,β-unsaturated/α-hetero) is 1. The highest BCUT2D eigenvalue weighted by Crippen LogP contribution is 2.21. The highest BCUT2D eigenvalue weighted by atomic mass is 16.4. The molecule has 2 heterocycles. The van der Waals surface area contributed by atoms with Crippen molar-refractivity contribution in [2.24, 2.45) is 11.7 Å². The van der Waals surface area contributed by atoms with Crippen LogP contribution < -0.4 is 16.4 Å². The van der Waals surface area contributed by atoms with Gasteiger partial charge in [-0.15, -0.1) is 0 Å². The van der Waals surface area contributed by atoms with Crippen molar-refractivity contribution in [1.82, 2.24) is 20.6 Å². The molecule has 0 radical (unpaired) electrons. The number of amides is 3. The molecule has 10 heteroatoms. The molecule has 6 N–H and O–H groups in total. The summed E-state index contributed by atoms with van der Waals surface area (Å²) in [5, 5.41) is 15.3. The molecule has 0 saturated carbocycles. The van der Waals surface area contributed by atoms with E-state index in [2.05, 4.69) is 20.6 Å². The van der Waals surface area contributed by atoms with Gasteiger partial charge in [0.15, 0.2) is 5.78 Å². The molecule has 0 aliphatic heterocycles. The smallest absolute Gasteiger partial charge is 0.405 e. The van der Waals surface area contributed by atoms with E-state index in [9.17, 15) is 24.3 Å². The minimum Gasteiger partial charge on any atom is -0.465 e. The van der Waals surface area contributed by atoms with Gasteiger partial charge in [-0.3, -0.25) is 19.4 Å². The van der Waals surface area contributed by atoms with Crippen LogP contribution in [0.4, 0.5) is 4.79 Å². The molecule has 0 spiro atoms. The van der Waals surface area contributed by atoms with Gasteiger partial charge in [0.05, 0.1) is 6.04 Å². The maximum absolute atomic E-state index is 13.6. The molecule has 4 rings (SSSR count). The van der Waals surface area contributed by atoms with Crippen molar-refractivity contribution in [3.05, 3.63) is 102 Å². The monoisotopic (exact) mass is 555 g/mol. The number of aromatic nitrogens is 2. The van der Waals surface area contributed by atoms with Gasteiger partial charge in [-0.1, -0.05) is 54.6 Å². The van der Waals surface area contributed by atoms with E-state index in [0.29, 0.717) is 6.42 Å². The summed E-state index contributed by atoms with van der Waals surface area (Å²) in [4.78, 5) is 58.3. The lowest BCUT2D eigenvalue weighted by Gasteiger charge is -2.23. The Bertz CT molecular complexity index is 1490. The van der Waals surface area contributed by atoms with Crippen molar-refractivity contribution in [2.45, 2.75) is 44.2 Å². The van der Waals surface area contributed by atoms with Crippen LogP contribution in [0.5, 0.6) is 0 Å². The summed E-state index contributed by atoms with van der Waals surface area (Å²) in [6.45, 7) is 0. The Morgan fingerprint density at radius 3 is 2.32 bits per heavy atom. The van der Waals surface area contributed by atoms with Crippen molar-refractivity contribution in [1.29, 1.82) is 0 Å². The fourth-order valence-electron chi connectivity index (χ4n) is 4.86. The zero-order chi connectivity index (χ0) is 29.2. The zero-order valence-corrected chi connectivity index (χ0v) is 22.5. The number of aryl methyl sites for hydroxylation is 1. The number of hydrogen-bond donors (Lipinski definition) is 5. The van der Waals surface area contributed by atoms with Crippen LogP contribution in [0.25, 0.3) is 10.9 Å². The number of hydrogen-bond acceptors (Lipinski definition) is 5. The molecule has 3 unspecified atom stereocenters. The molecule has 2 aromatic heterocycles. The average Bonchev–Trinajstić information content (AvgIpc) is 3.38. The molecule has 0 aliphatic rings. The van der Waals surface area contributed by atoms with E-state index in [1.165, 1.54) is 0 Å². The molecule has 10 nitrogen and oxygen atoms in total. The Kier molecular flexibility index (Phi) is 9.82. The highest BCUT2D eigenvalue weighted by Gasteiger charge is 2.30. The number of para-hydroxylation sites is 1. The van der Waals surface area contributed by atoms with Crippen molar-refractivity contribution >= 4 is 34.6 Å². The Balaban J connectivity index is 1.52. The van der Waals surface area contributed by atoms with Gasteiger partial charge in [-0.25, -0.2) is 4.79 Å². The number of nitrogens with one attached hydrogen (secondary N) is 3. The summed E-state index contributed by atoms with van der Waals surface area (Å²) < 4.78 is 0. The van der Waals surface area contributed by atoms with E-state index >= 15 is 0 Å². The number of benzene rings is 2. The molecule has 3 amide bonds. The van der Waals surface area contributed by atoms with Gasteiger partial charge in [0.2, 0.25) is 11.8 Å². The lowest BCUT2D eigenvalue weighted by molar-refractivity contribution is -0.132. The minimum atomic E-state index is -1.33. The molecule has 41 heavy (non-hydrogen) atoms. The van der Waals surface area contributed by atoms with Gasteiger partial charge >= 0.3 is 6.09 Å². The maximum atomic E-state index is 13.6. The van der Waals surface area contributed by atoms with Crippen LogP contribution in [0, 0.1) is 5.92 Å². The number of fused-ring (bicyclic) bond motifs is 1. The molecule has 3 atom stereocenters. The quantitative estimate of drug-likeness (QED) is 0.160. The molecule has 0 bridgehead atoms. The van der Waals surface area contributed by atoms with Crippen LogP contribution in [-0.4, -0.2) is 50.8 Å². The second kappa shape index (κ2) is 13.9. The molecule has 0 saturated heterocycles. The van der Waals surface area contributed by atoms with Crippen LogP contribution in [0.1, 0.15) is 29.7 Å². The first kappa shape index (κ1) is 29.0. The number of ketones is 1. The Labute approximate surface area is 237 Å². The summed E-state index contributed by atoms with van der Waals surface area (Å²) in [5.41, 5.74) is 8.92. The number of nitrogens with two attached hydrogens (primary N) is 1. The van der Waals surface area contributed by atoms with Crippen molar-refractivity contribution < 1.29 is 24.3 Å². The first-order valence-corrected chi connectivity index (χ1v) is 13.4. The standard InChI is InChI=1S/C31H33N5O5/c32-29(38)27(17-22-19-34-25-12-5-4-11-24(22)25)35-30(39)21(13-14-23-10-6-7-15-33-23)18-28(37)26(36-31(40)41)16-20-8-2-1-3-9-20/h1-12,15,19,21,26-27,34,36H,13-14,16-18H2,(H2,32,38)(H,35,39)(H,40,41). The number of rotatable bonds is 14. The summed E-state index contributed by atoms with van der Waals surface area (Å²) >= 11 is 0. The van der Waals surface area contributed by atoms with Crippen LogP contribution in [0.15, 0.2) is 85.2 Å². The minimum absolute atomic E-state index is 0.144.